The molecule has 4 aromatic rings. The van der Waals surface area contributed by atoms with Gasteiger partial charge in [0, 0.05) is 37.6 Å². The van der Waals surface area contributed by atoms with Crippen LogP contribution in [0.5, 0.6) is 0 Å². The minimum atomic E-state index is -0.0218. The van der Waals surface area contributed by atoms with Crippen LogP contribution in [0.3, 0.4) is 0 Å². The molecule has 0 atom stereocenters. The van der Waals surface area contributed by atoms with Gasteiger partial charge in [-0.1, -0.05) is 60.7 Å². The maximum atomic E-state index is 13.1. The third kappa shape index (κ3) is 4.55. The first kappa shape index (κ1) is 23.2. The first-order chi connectivity index (χ1) is 18.1. The molecule has 6 heteroatoms. The fourth-order valence-electron chi connectivity index (χ4n) is 5.61. The Hall–Kier alpha value is -4.19. The summed E-state index contributed by atoms with van der Waals surface area (Å²) in [4.78, 5) is 24.6. The number of carbonyl (C=O) groups excluding carboxylic acids is 1. The number of aromatic nitrogens is 2. The van der Waals surface area contributed by atoms with Crippen LogP contribution in [-0.4, -0.2) is 42.1 Å². The average molecular weight is 490 g/mol. The molecule has 0 unspecified atom stereocenters. The summed E-state index contributed by atoms with van der Waals surface area (Å²) in [6.45, 7) is 0. The fourth-order valence-corrected chi connectivity index (χ4v) is 5.61. The number of benzene rings is 3. The topological polar surface area (TPSA) is 70.2 Å². The van der Waals surface area contributed by atoms with Gasteiger partial charge in [-0.15, -0.1) is 0 Å². The van der Waals surface area contributed by atoms with E-state index in [9.17, 15) is 4.79 Å². The SMILES string of the molecule is CN(C)c1nc(N[C@H]2CC[C@@H](NC(=O)C=C3c4ccccc4-c4ccccc43)CC2)nc2ccccc12. The molecule has 0 bridgehead atoms. The van der Waals surface area contributed by atoms with E-state index in [0.29, 0.717) is 5.95 Å². The Bertz CT molecular complexity index is 1450. The van der Waals surface area contributed by atoms with Crippen LogP contribution in [0.2, 0.25) is 0 Å². The molecule has 0 aliphatic heterocycles. The van der Waals surface area contributed by atoms with Crippen molar-refractivity contribution >= 4 is 34.1 Å². The first-order valence-corrected chi connectivity index (χ1v) is 13.0. The summed E-state index contributed by atoms with van der Waals surface area (Å²) in [5.74, 6) is 1.56. The first-order valence-electron chi connectivity index (χ1n) is 13.0. The van der Waals surface area contributed by atoms with Crippen LogP contribution in [0.15, 0.2) is 78.9 Å². The van der Waals surface area contributed by atoms with E-state index in [1.807, 2.05) is 49.3 Å². The number of carbonyl (C=O) groups is 1. The Labute approximate surface area is 217 Å². The van der Waals surface area contributed by atoms with E-state index >= 15 is 0 Å². The van der Waals surface area contributed by atoms with Gasteiger partial charge in [0.1, 0.15) is 5.82 Å². The molecule has 1 amide bonds. The largest absolute Gasteiger partial charge is 0.362 e. The van der Waals surface area contributed by atoms with Gasteiger partial charge in [-0.05, 0) is 65.6 Å². The number of nitrogens with zero attached hydrogens (tertiary/aromatic N) is 3. The van der Waals surface area contributed by atoms with Crippen molar-refractivity contribution in [3.05, 3.63) is 90.0 Å². The second-order valence-electron chi connectivity index (χ2n) is 10.1. The average Bonchev–Trinajstić information content (AvgIpc) is 3.23. The molecule has 0 saturated heterocycles. The molecule has 2 N–H and O–H groups in total. The van der Waals surface area contributed by atoms with Crippen molar-refractivity contribution in [2.45, 2.75) is 37.8 Å². The molecular weight excluding hydrogens is 458 g/mol. The van der Waals surface area contributed by atoms with Gasteiger partial charge in [0.2, 0.25) is 11.9 Å². The highest BCUT2D eigenvalue weighted by Crippen LogP contribution is 2.43. The molecule has 1 heterocycles. The molecule has 2 aliphatic carbocycles. The van der Waals surface area contributed by atoms with Crippen LogP contribution < -0.4 is 15.5 Å². The van der Waals surface area contributed by atoms with E-state index in [4.69, 9.17) is 9.97 Å². The Balaban J connectivity index is 1.11. The summed E-state index contributed by atoms with van der Waals surface area (Å²) in [5.41, 5.74) is 6.57. The number of fused-ring (bicyclic) bond motifs is 4. The summed E-state index contributed by atoms with van der Waals surface area (Å²) in [6.07, 6.45) is 5.55. The highest BCUT2D eigenvalue weighted by molar-refractivity contribution is 6.08. The molecule has 6 rings (SSSR count). The maximum absolute atomic E-state index is 13.1. The van der Waals surface area contributed by atoms with E-state index in [-0.39, 0.29) is 18.0 Å². The van der Waals surface area contributed by atoms with Crippen molar-refractivity contribution < 1.29 is 4.79 Å². The van der Waals surface area contributed by atoms with Crippen LogP contribution in [0.4, 0.5) is 11.8 Å². The lowest BCUT2D eigenvalue weighted by atomic mass is 9.91. The fraction of sp³-hybridized carbons (Fsp3) is 0.258. The summed E-state index contributed by atoms with van der Waals surface area (Å²) >= 11 is 0. The molecule has 1 fully saturated rings. The van der Waals surface area contributed by atoms with Gasteiger partial charge in [-0.3, -0.25) is 4.79 Å². The molecule has 6 nitrogen and oxygen atoms in total. The highest BCUT2D eigenvalue weighted by atomic mass is 16.1. The van der Waals surface area contributed by atoms with Gasteiger partial charge in [0.05, 0.1) is 5.52 Å². The maximum Gasteiger partial charge on any atom is 0.244 e. The van der Waals surface area contributed by atoms with Crippen molar-refractivity contribution in [2.24, 2.45) is 0 Å². The van der Waals surface area contributed by atoms with Crippen LogP contribution >= 0.6 is 0 Å². The van der Waals surface area contributed by atoms with E-state index < -0.39 is 0 Å². The lowest BCUT2D eigenvalue weighted by Gasteiger charge is -2.29. The van der Waals surface area contributed by atoms with Crippen LogP contribution in [0, 0.1) is 0 Å². The normalized spacial score (nSPS) is 18.2. The molecule has 37 heavy (non-hydrogen) atoms. The van der Waals surface area contributed by atoms with Gasteiger partial charge in [0.15, 0.2) is 0 Å². The Kier molecular flexibility index (Phi) is 6.08. The number of amides is 1. The number of para-hydroxylation sites is 1. The minimum Gasteiger partial charge on any atom is -0.362 e. The smallest absolute Gasteiger partial charge is 0.244 e. The standard InChI is InChI=1S/C31H31N5O/c1-36(2)30-26-13-7-8-14-28(26)34-31(35-30)33-21-17-15-20(16-18-21)32-29(37)19-27-24-11-5-3-9-22(24)23-10-4-6-12-25(23)27/h3-14,19-21H,15-18H2,1-2H3,(H,32,37)(H,33,34,35)/t20-,21+. The Morgan fingerprint density at radius 1 is 0.784 bits per heavy atom. The van der Waals surface area contributed by atoms with Gasteiger partial charge in [-0.2, -0.15) is 4.98 Å². The second kappa shape index (κ2) is 9.69. The van der Waals surface area contributed by atoms with Crippen molar-refractivity contribution in [1.29, 1.82) is 0 Å². The number of anilines is 2. The predicted molar refractivity (Wildman–Crippen MR) is 151 cm³/mol. The summed E-state index contributed by atoms with van der Waals surface area (Å²) in [6, 6.07) is 25.2. The molecule has 2 aliphatic rings. The quantitative estimate of drug-likeness (QED) is 0.312. The summed E-state index contributed by atoms with van der Waals surface area (Å²) in [7, 11) is 4.01. The van der Waals surface area contributed by atoms with Crippen LogP contribution in [-0.2, 0) is 4.79 Å². The van der Waals surface area contributed by atoms with E-state index in [2.05, 4.69) is 53.1 Å². The Morgan fingerprint density at radius 3 is 2.00 bits per heavy atom. The van der Waals surface area contributed by atoms with Gasteiger partial charge in [-0.25, -0.2) is 4.98 Å². The third-order valence-corrected chi connectivity index (χ3v) is 7.41. The Morgan fingerprint density at radius 2 is 1.35 bits per heavy atom. The third-order valence-electron chi connectivity index (χ3n) is 7.41. The number of nitrogens with one attached hydrogen (secondary N) is 2. The molecule has 0 radical (unpaired) electrons. The lowest BCUT2D eigenvalue weighted by Crippen LogP contribution is -2.39. The van der Waals surface area contributed by atoms with Crippen molar-refractivity contribution in [3.63, 3.8) is 0 Å². The van der Waals surface area contributed by atoms with Crippen LogP contribution in [0.1, 0.15) is 36.8 Å². The minimum absolute atomic E-state index is 0.0218. The molecule has 0 spiro atoms. The zero-order valence-electron chi connectivity index (χ0n) is 21.2. The summed E-state index contributed by atoms with van der Waals surface area (Å²) in [5, 5.41) is 7.86. The molecule has 186 valence electrons. The number of hydrogen-bond acceptors (Lipinski definition) is 5. The van der Waals surface area contributed by atoms with E-state index in [0.717, 1.165) is 59.1 Å². The van der Waals surface area contributed by atoms with Gasteiger partial charge < -0.3 is 15.5 Å². The van der Waals surface area contributed by atoms with Gasteiger partial charge >= 0.3 is 0 Å². The molecule has 3 aromatic carbocycles. The van der Waals surface area contributed by atoms with Crippen LogP contribution in [0.25, 0.3) is 27.6 Å². The summed E-state index contributed by atoms with van der Waals surface area (Å²) < 4.78 is 0. The van der Waals surface area contributed by atoms with Crippen molar-refractivity contribution in [3.8, 4) is 11.1 Å². The lowest BCUT2D eigenvalue weighted by molar-refractivity contribution is -0.117. The zero-order valence-corrected chi connectivity index (χ0v) is 21.2. The van der Waals surface area contributed by atoms with Gasteiger partial charge in [0.25, 0.3) is 0 Å². The highest BCUT2D eigenvalue weighted by Gasteiger charge is 2.26. The predicted octanol–water partition coefficient (Wildman–Crippen LogP) is 5.65. The molecule has 1 saturated carbocycles. The van der Waals surface area contributed by atoms with Crippen molar-refractivity contribution in [2.75, 3.05) is 24.3 Å². The van der Waals surface area contributed by atoms with Crippen molar-refractivity contribution in [1.82, 2.24) is 15.3 Å². The second-order valence-corrected chi connectivity index (χ2v) is 10.1. The molecule has 1 aromatic heterocycles. The molecular formula is C31H31N5O. The van der Waals surface area contributed by atoms with E-state index in [1.54, 1.807) is 6.08 Å². The number of rotatable bonds is 5. The number of hydrogen-bond donors (Lipinski definition) is 2. The monoisotopic (exact) mass is 489 g/mol. The van der Waals surface area contributed by atoms with E-state index in [1.165, 1.54) is 11.1 Å². The zero-order chi connectivity index (χ0) is 25.4.